The molecule has 0 spiro atoms. The second kappa shape index (κ2) is 4.64. The fraction of sp³-hybridized carbons (Fsp3) is 0.909. The van der Waals surface area contributed by atoms with Crippen molar-refractivity contribution >= 4 is 5.78 Å². The first kappa shape index (κ1) is 9.76. The van der Waals surface area contributed by atoms with Gasteiger partial charge in [-0.2, -0.15) is 0 Å². The lowest BCUT2D eigenvalue weighted by Gasteiger charge is -2.11. The predicted molar refractivity (Wildman–Crippen MR) is 51.0 cm³/mol. The summed E-state index contributed by atoms with van der Waals surface area (Å²) < 4.78 is 0. The highest BCUT2D eigenvalue weighted by Gasteiger charge is 2.16. The first-order chi connectivity index (χ1) is 5.68. The third-order valence-electron chi connectivity index (χ3n) is 2.95. The first-order valence-electron chi connectivity index (χ1n) is 5.18. The molecule has 1 nitrogen and oxygen atoms in total. The molecule has 1 aliphatic carbocycles. The molecule has 2 atom stereocenters. The first-order valence-corrected chi connectivity index (χ1v) is 5.18. The minimum atomic E-state index is 0.370. The van der Waals surface area contributed by atoms with Gasteiger partial charge in [-0.15, -0.1) is 0 Å². The maximum Gasteiger partial charge on any atom is 0.130 e. The van der Waals surface area contributed by atoms with Crippen molar-refractivity contribution in [3.05, 3.63) is 0 Å². The molecule has 0 aromatic rings. The van der Waals surface area contributed by atoms with Gasteiger partial charge in [0.2, 0.25) is 0 Å². The molecule has 12 heavy (non-hydrogen) atoms. The van der Waals surface area contributed by atoms with Crippen LogP contribution in [0.2, 0.25) is 0 Å². The van der Waals surface area contributed by atoms with Crippen LogP contribution in [-0.4, -0.2) is 5.78 Å². The van der Waals surface area contributed by atoms with Gasteiger partial charge < -0.3 is 4.79 Å². The Labute approximate surface area is 75.5 Å². The molecule has 0 saturated heterocycles. The molecule has 0 heterocycles. The normalized spacial score (nSPS) is 31.2. The number of ketones is 1. The van der Waals surface area contributed by atoms with Crippen molar-refractivity contribution in [1.82, 2.24) is 0 Å². The highest BCUT2D eigenvalue weighted by atomic mass is 16.1. The Bertz CT molecular complexity index is 151. The van der Waals surface area contributed by atoms with Crippen LogP contribution in [0.4, 0.5) is 0 Å². The van der Waals surface area contributed by atoms with Crippen molar-refractivity contribution in [3.8, 4) is 0 Å². The van der Waals surface area contributed by atoms with Crippen LogP contribution in [0.25, 0.3) is 0 Å². The van der Waals surface area contributed by atoms with Crippen LogP contribution in [0.3, 0.4) is 0 Å². The SMILES string of the molecule is CC(=O)C[C@@H]1CCC[C@H](C)CC1. The van der Waals surface area contributed by atoms with E-state index in [-0.39, 0.29) is 0 Å². The standard InChI is InChI=1S/C11H20O/c1-9-4-3-5-11(7-6-9)8-10(2)12/h9,11H,3-8H2,1-2H3/t9-,11+/m0/s1. The molecule has 1 saturated carbocycles. The van der Waals surface area contributed by atoms with Crippen LogP contribution in [0.5, 0.6) is 0 Å². The number of Topliss-reactive ketones (excluding diaryl/α,β-unsaturated/α-hetero) is 1. The van der Waals surface area contributed by atoms with Crippen molar-refractivity contribution in [2.75, 3.05) is 0 Å². The van der Waals surface area contributed by atoms with Crippen molar-refractivity contribution in [3.63, 3.8) is 0 Å². The quantitative estimate of drug-likeness (QED) is 0.579. The molecule has 0 aromatic heterocycles. The van der Waals surface area contributed by atoms with Crippen molar-refractivity contribution in [2.45, 2.75) is 52.4 Å². The van der Waals surface area contributed by atoms with Crippen LogP contribution in [0, 0.1) is 11.8 Å². The van der Waals surface area contributed by atoms with E-state index in [0.717, 1.165) is 12.3 Å². The summed E-state index contributed by atoms with van der Waals surface area (Å²) >= 11 is 0. The molecule has 1 fully saturated rings. The Balaban J connectivity index is 2.30. The molecule has 0 radical (unpaired) electrons. The van der Waals surface area contributed by atoms with E-state index in [1.807, 2.05) is 0 Å². The topological polar surface area (TPSA) is 17.1 Å². The molecule has 0 aliphatic heterocycles. The van der Waals surface area contributed by atoms with Crippen molar-refractivity contribution in [2.24, 2.45) is 11.8 Å². The molecule has 1 rings (SSSR count). The number of carbonyl (C=O) groups is 1. The van der Waals surface area contributed by atoms with Gasteiger partial charge in [0.1, 0.15) is 5.78 Å². The summed E-state index contributed by atoms with van der Waals surface area (Å²) in [7, 11) is 0. The Hall–Kier alpha value is -0.330. The van der Waals surface area contributed by atoms with E-state index >= 15 is 0 Å². The van der Waals surface area contributed by atoms with Crippen LogP contribution in [0.1, 0.15) is 52.4 Å². The second-order valence-corrected chi connectivity index (χ2v) is 4.39. The van der Waals surface area contributed by atoms with Gasteiger partial charge in [-0.1, -0.05) is 32.6 Å². The Morgan fingerprint density at radius 3 is 2.67 bits per heavy atom. The summed E-state index contributed by atoms with van der Waals surface area (Å²) in [5, 5.41) is 0. The van der Waals surface area contributed by atoms with E-state index in [9.17, 15) is 4.79 Å². The minimum Gasteiger partial charge on any atom is -0.300 e. The molecule has 0 bridgehead atoms. The lowest BCUT2D eigenvalue weighted by Crippen LogP contribution is -2.04. The van der Waals surface area contributed by atoms with Gasteiger partial charge >= 0.3 is 0 Å². The van der Waals surface area contributed by atoms with Gasteiger partial charge in [0.15, 0.2) is 0 Å². The Morgan fingerprint density at radius 2 is 2.00 bits per heavy atom. The van der Waals surface area contributed by atoms with Gasteiger partial charge in [0.05, 0.1) is 0 Å². The predicted octanol–water partition coefficient (Wildman–Crippen LogP) is 3.18. The van der Waals surface area contributed by atoms with Crippen LogP contribution < -0.4 is 0 Å². The zero-order valence-corrected chi connectivity index (χ0v) is 8.31. The van der Waals surface area contributed by atoms with E-state index in [1.54, 1.807) is 6.92 Å². The second-order valence-electron chi connectivity index (χ2n) is 4.39. The average Bonchev–Trinajstić information content (AvgIpc) is 2.15. The fourth-order valence-corrected chi connectivity index (χ4v) is 2.17. The van der Waals surface area contributed by atoms with Gasteiger partial charge in [0.25, 0.3) is 0 Å². The molecule has 0 N–H and O–H groups in total. The molecule has 1 heteroatoms. The minimum absolute atomic E-state index is 0.370. The Kier molecular flexibility index (Phi) is 3.77. The van der Waals surface area contributed by atoms with Gasteiger partial charge in [-0.25, -0.2) is 0 Å². The van der Waals surface area contributed by atoms with Gasteiger partial charge in [0, 0.05) is 6.42 Å². The molecule has 70 valence electrons. The van der Waals surface area contributed by atoms with Gasteiger partial charge in [-0.05, 0) is 25.2 Å². The number of rotatable bonds is 2. The average molecular weight is 168 g/mol. The smallest absolute Gasteiger partial charge is 0.130 e. The number of hydrogen-bond donors (Lipinski definition) is 0. The summed E-state index contributed by atoms with van der Waals surface area (Å²) in [4.78, 5) is 10.9. The third-order valence-corrected chi connectivity index (χ3v) is 2.95. The number of carbonyl (C=O) groups excluding carboxylic acids is 1. The van der Waals surface area contributed by atoms with Crippen LogP contribution >= 0.6 is 0 Å². The summed E-state index contributed by atoms with van der Waals surface area (Å²) in [6.07, 6.45) is 7.42. The van der Waals surface area contributed by atoms with E-state index < -0.39 is 0 Å². The van der Waals surface area contributed by atoms with Crippen molar-refractivity contribution < 1.29 is 4.79 Å². The molecular weight excluding hydrogens is 148 g/mol. The maximum absolute atomic E-state index is 10.9. The fourth-order valence-electron chi connectivity index (χ4n) is 2.17. The molecule has 0 aromatic carbocycles. The summed E-state index contributed by atoms with van der Waals surface area (Å²) in [5.74, 6) is 1.96. The molecule has 0 unspecified atom stereocenters. The van der Waals surface area contributed by atoms with Crippen LogP contribution in [-0.2, 0) is 4.79 Å². The van der Waals surface area contributed by atoms with Crippen molar-refractivity contribution in [1.29, 1.82) is 0 Å². The van der Waals surface area contributed by atoms with E-state index in [0.29, 0.717) is 11.7 Å². The summed E-state index contributed by atoms with van der Waals surface area (Å²) in [5.41, 5.74) is 0. The molecule has 1 aliphatic rings. The van der Waals surface area contributed by atoms with Gasteiger partial charge in [-0.3, -0.25) is 0 Å². The maximum atomic E-state index is 10.9. The zero-order chi connectivity index (χ0) is 8.97. The third kappa shape index (κ3) is 3.38. The van der Waals surface area contributed by atoms with E-state index in [1.165, 1.54) is 32.1 Å². The largest absolute Gasteiger partial charge is 0.300 e. The highest BCUT2D eigenvalue weighted by Crippen LogP contribution is 2.28. The lowest BCUT2D eigenvalue weighted by atomic mass is 9.94. The summed E-state index contributed by atoms with van der Waals surface area (Å²) in [6.45, 7) is 4.05. The molecular formula is C11H20O. The monoisotopic (exact) mass is 168 g/mol. The van der Waals surface area contributed by atoms with E-state index in [2.05, 4.69) is 6.92 Å². The highest BCUT2D eigenvalue weighted by molar-refractivity contribution is 5.75. The number of hydrogen-bond acceptors (Lipinski definition) is 1. The lowest BCUT2D eigenvalue weighted by molar-refractivity contribution is -0.118. The van der Waals surface area contributed by atoms with E-state index in [4.69, 9.17) is 0 Å². The molecule has 0 amide bonds. The zero-order valence-electron chi connectivity index (χ0n) is 8.31. The summed E-state index contributed by atoms with van der Waals surface area (Å²) in [6, 6.07) is 0. The van der Waals surface area contributed by atoms with Crippen LogP contribution in [0.15, 0.2) is 0 Å². The Morgan fingerprint density at radius 1 is 1.25 bits per heavy atom.